The lowest BCUT2D eigenvalue weighted by Crippen LogP contribution is -2.06. The van der Waals surface area contributed by atoms with Gasteiger partial charge in [0.05, 0.1) is 22.4 Å². The molecule has 0 bridgehead atoms. The summed E-state index contributed by atoms with van der Waals surface area (Å²) >= 11 is 0. The van der Waals surface area contributed by atoms with E-state index >= 15 is 0 Å². The van der Waals surface area contributed by atoms with E-state index in [0.717, 1.165) is 31.7 Å². The molecule has 1 aromatic heterocycles. The highest BCUT2D eigenvalue weighted by Gasteiger charge is 2.12. The molecule has 1 aromatic carbocycles. The van der Waals surface area contributed by atoms with Gasteiger partial charge in [-0.05, 0) is 12.5 Å². The molecule has 21 heavy (non-hydrogen) atoms. The second-order valence-electron chi connectivity index (χ2n) is 4.63. The molecule has 0 aliphatic carbocycles. The largest absolute Gasteiger partial charge is 0.450 e. The minimum absolute atomic E-state index is 0.0718. The van der Waals surface area contributed by atoms with Gasteiger partial charge in [-0.15, -0.1) is 0 Å². The van der Waals surface area contributed by atoms with Crippen molar-refractivity contribution in [2.24, 2.45) is 0 Å². The lowest BCUT2D eigenvalue weighted by Gasteiger charge is -2.04. The van der Waals surface area contributed by atoms with E-state index in [0.29, 0.717) is 12.1 Å². The highest BCUT2D eigenvalue weighted by atomic mass is 16.6. The van der Waals surface area contributed by atoms with Crippen LogP contribution < -0.4 is 10.4 Å². The van der Waals surface area contributed by atoms with Crippen LogP contribution in [0, 0.1) is 10.1 Å². The smallest absolute Gasteiger partial charge is 0.397 e. The molecule has 0 spiro atoms. The number of benzene rings is 1. The van der Waals surface area contributed by atoms with E-state index in [9.17, 15) is 14.9 Å². The molecule has 0 aliphatic rings. The minimum Gasteiger partial charge on any atom is -0.450 e. The fraction of sp³-hybridized carbons (Fsp3) is 0.429. The summed E-state index contributed by atoms with van der Waals surface area (Å²) in [5.41, 5.74) is -0.544. The zero-order valence-corrected chi connectivity index (χ0v) is 11.7. The predicted molar refractivity (Wildman–Crippen MR) is 76.6 cm³/mol. The van der Waals surface area contributed by atoms with Crippen molar-refractivity contribution in [3.05, 3.63) is 38.7 Å². The molecule has 0 atom stereocenters. The fourth-order valence-electron chi connectivity index (χ4n) is 1.90. The molecule has 2 rings (SSSR count). The lowest BCUT2D eigenvalue weighted by molar-refractivity contribution is -0.384. The number of fused-ring (bicyclic) bond motifs is 1. The van der Waals surface area contributed by atoms with Crippen LogP contribution in [-0.4, -0.2) is 16.5 Å². The third kappa shape index (κ3) is 3.77. The van der Waals surface area contributed by atoms with Crippen LogP contribution >= 0.6 is 0 Å². The van der Waals surface area contributed by atoms with E-state index in [-0.39, 0.29) is 17.2 Å². The van der Waals surface area contributed by atoms with Crippen LogP contribution in [0.25, 0.3) is 10.9 Å². The number of nitro groups is 1. The molecule has 1 heterocycles. The number of rotatable bonds is 7. The molecular weight excluding hydrogens is 276 g/mol. The fourth-order valence-corrected chi connectivity index (χ4v) is 1.90. The van der Waals surface area contributed by atoms with Gasteiger partial charge in [-0.25, -0.2) is 4.79 Å². The Labute approximate surface area is 120 Å². The highest BCUT2D eigenvalue weighted by molar-refractivity contribution is 5.79. The number of nitro benzene ring substituents is 1. The monoisotopic (exact) mass is 292 g/mol. The number of hydrogen-bond acceptors (Lipinski definition) is 6. The van der Waals surface area contributed by atoms with Crippen molar-refractivity contribution < 1.29 is 14.1 Å². The number of nitrogens with zero attached hydrogens (tertiary/aromatic N) is 2. The predicted octanol–water partition coefficient (Wildman–Crippen LogP) is 3.06. The molecule has 2 aromatic rings. The number of hydrogen-bond donors (Lipinski definition) is 0. The first kappa shape index (κ1) is 15.0. The van der Waals surface area contributed by atoms with Gasteiger partial charge < -0.3 is 9.15 Å². The summed E-state index contributed by atoms with van der Waals surface area (Å²) in [5, 5.41) is 10.8. The van der Waals surface area contributed by atoms with E-state index in [1.807, 2.05) is 0 Å². The summed E-state index contributed by atoms with van der Waals surface area (Å²) in [7, 11) is 0. The van der Waals surface area contributed by atoms with Crippen molar-refractivity contribution in [2.45, 2.75) is 32.6 Å². The van der Waals surface area contributed by atoms with Gasteiger partial charge in [-0.2, -0.15) is 4.98 Å². The summed E-state index contributed by atoms with van der Waals surface area (Å²) in [6.45, 7) is 2.54. The van der Waals surface area contributed by atoms with Gasteiger partial charge >= 0.3 is 11.7 Å². The van der Waals surface area contributed by atoms with Crippen LogP contribution in [0.15, 0.2) is 27.4 Å². The molecule has 0 aliphatic heterocycles. The molecule has 0 fully saturated rings. The van der Waals surface area contributed by atoms with Crippen LogP contribution in [0.1, 0.15) is 32.6 Å². The second kappa shape index (κ2) is 6.83. The summed E-state index contributed by atoms with van der Waals surface area (Å²) < 4.78 is 10.2. The van der Waals surface area contributed by atoms with Crippen LogP contribution in [0.3, 0.4) is 0 Å². The Kier molecular flexibility index (Phi) is 4.86. The first-order chi connectivity index (χ1) is 10.1. The van der Waals surface area contributed by atoms with Crippen molar-refractivity contribution in [1.29, 1.82) is 0 Å². The molecule has 0 N–H and O–H groups in total. The lowest BCUT2D eigenvalue weighted by atomic mass is 10.2. The standard InChI is InChI=1S/C14H16N2O5/c1-2-3-4-5-8-20-14-15-12-7-6-10(16(18)19)9-11(12)13(17)21-14/h6-7,9H,2-5,8H2,1H3. The summed E-state index contributed by atoms with van der Waals surface area (Å²) in [6.07, 6.45) is 4.06. The number of non-ortho nitro benzene ring substituents is 1. The molecule has 7 nitrogen and oxygen atoms in total. The third-order valence-electron chi connectivity index (χ3n) is 3.03. The van der Waals surface area contributed by atoms with Crippen molar-refractivity contribution in [3.8, 4) is 6.08 Å². The average Bonchev–Trinajstić information content (AvgIpc) is 2.46. The average molecular weight is 292 g/mol. The Bertz CT molecular complexity index is 695. The molecule has 0 saturated carbocycles. The van der Waals surface area contributed by atoms with Crippen LogP contribution in [0.5, 0.6) is 6.08 Å². The Morgan fingerprint density at radius 1 is 1.33 bits per heavy atom. The zero-order chi connectivity index (χ0) is 15.2. The van der Waals surface area contributed by atoms with Crippen molar-refractivity contribution in [2.75, 3.05) is 6.61 Å². The zero-order valence-electron chi connectivity index (χ0n) is 11.7. The third-order valence-corrected chi connectivity index (χ3v) is 3.03. The maximum absolute atomic E-state index is 11.8. The van der Waals surface area contributed by atoms with E-state index in [4.69, 9.17) is 9.15 Å². The molecular formula is C14H16N2O5. The van der Waals surface area contributed by atoms with E-state index in [2.05, 4.69) is 11.9 Å². The van der Waals surface area contributed by atoms with Gasteiger partial charge in [0.1, 0.15) is 0 Å². The summed E-state index contributed by atoms with van der Waals surface area (Å²) in [4.78, 5) is 25.9. The molecule has 0 radical (unpaired) electrons. The van der Waals surface area contributed by atoms with Gasteiger partial charge in [-0.1, -0.05) is 26.2 Å². The summed E-state index contributed by atoms with van der Waals surface area (Å²) in [6, 6.07) is 3.85. The SMILES string of the molecule is CCCCCCOc1nc2ccc([N+](=O)[O-])cc2c(=O)o1. The molecule has 112 valence electrons. The van der Waals surface area contributed by atoms with Crippen molar-refractivity contribution in [3.63, 3.8) is 0 Å². The first-order valence-electron chi connectivity index (χ1n) is 6.84. The van der Waals surface area contributed by atoms with E-state index in [1.165, 1.54) is 12.1 Å². The number of ether oxygens (including phenoxy) is 1. The van der Waals surface area contributed by atoms with Crippen LogP contribution in [0.4, 0.5) is 5.69 Å². The van der Waals surface area contributed by atoms with Crippen LogP contribution in [0.2, 0.25) is 0 Å². The quantitative estimate of drug-likeness (QED) is 0.442. The van der Waals surface area contributed by atoms with Gasteiger partial charge in [0, 0.05) is 12.1 Å². The minimum atomic E-state index is -0.688. The molecule has 0 amide bonds. The van der Waals surface area contributed by atoms with Gasteiger partial charge in [0.15, 0.2) is 0 Å². The van der Waals surface area contributed by atoms with E-state index < -0.39 is 10.5 Å². The maximum Gasteiger partial charge on any atom is 0.397 e. The number of aromatic nitrogens is 1. The second-order valence-corrected chi connectivity index (χ2v) is 4.63. The topological polar surface area (TPSA) is 95.5 Å². The molecule has 0 unspecified atom stereocenters. The molecule has 0 saturated heterocycles. The highest BCUT2D eigenvalue weighted by Crippen LogP contribution is 2.19. The van der Waals surface area contributed by atoms with Gasteiger partial charge in [0.2, 0.25) is 0 Å². The van der Waals surface area contributed by atoms with E-state index in [1.54, 1.807) is 0 Å². The van der Waals surface area contributed by atoms with Crippen molar-refractivity contribution in [1.82, 2.24) is 4.98 Å². The summed E-state index contributed by atoms with van der Waals surface area (Å²) in [5.74, 6) is 0. The molecule has 7 heteroatoms. The first-order valence-corrected chi connectivity index (χ1v) is 6.84. The Balaban J connectivity index is 2.15. The Hall–Kier alpha value is -2.44. The van der Waals surface area contributed by atoms with Gasteiger partial charge in [-0.3, -0.25) is 10.1 Å². The Morgan fingerprint density at radius 3 is 2.86 bits per heavy atom. The number of unbranched alkanes of at least 4 members (excludes halogenated alkanes) is 3. The normalized spacial score (nSPS) is 10.7. The Morgan fingerprint density at radius 2 is 2.14 bits per heavy atom. The van der Waals surface area contributed by atoms with Crippen molar-refractivity contribution >= 4 is 16.6 Å². The van der Waals surface area contributed by atoms with Gasteiger partial charge in [0.25, 0.3) is 5.69 Å². The van der Waals surface area contributed by atoms with Crippen LogP contribution in [-0.2, 0) is 0 Å². The maximum atomic E-state index is 11.8.